The van der Waals surface area contributed by atoms with Crippen LogP contribution >= 0.6 is 0 Å². The average molecular weight is 299 g/mol. The van der Waals surface area contributed by atoms with Crippen molar-refractivity contribution in [3.63, 3.8) is 0 Å². The van der Waals surface area contributed by atoms with Crippen molar-refractivity contribution >= 4 is 14.4 Å². The predicted molar refractivity (Wildman–Crippen MR) is 84.3 cm³/mol. The topological polar surface area (TPSA) is 47.6 Å². The Bertz CT molecular complexity index is 363. The number of ether oxygens (including phenoxy) is 1. The molecule has 4 nitrogen and oxygen atoms in total. The maximum atomic E-state index is 11.4. The van der Waals surface area contributed by atoms with Crippen LogP contribution in [0.4, 0.5) is 4.79 Å². The Morgan fingerprint density at radius 2 is 2.10 bits per heavy atom. The molecule has 1 fully saturated rings. The molecule has 0 aromatic heterocycles. The first kappa shape index (κ1) is 17.2. The van der Waals surface area contributed by atoms with Crippen LogP contribution in [-0.4, -0.2) is 33.2 Å². The normalized spacial score (nSPS) is 25.0. The van der Waals surface area contributed by atoms with Crippen molar-refractivity contribution < 1.29 is 14.0 Å². The number of nitrogens with one attached hydrogen (secondary N) is 1. The molecule has 0 aromatic carbocycles. The van der Waals surface area contributed by atoms with E-state index in [4.69, 9.17) is 9.16 Å². The number of hydrogen-bond acceptors (Lipinski definition) is 3. The van der Waals surface area contributed by atoms with Crippen LogP contribution in [-0.2, 0) is 9.16 Å². The van der Waals surface area contributed by atoms with Gasteiger partial charge in [0.05, 0.1) is 6.04 Å². The van der Waals surface area contributed by atoms with E-state index in [1.165, 1.54) is 0 Å². The lowest BCUT2D eigenvalue weighted by Gasteiger charge is -2.36. The van der Waals surface area contributed by atoms with Gasteiger partial charge in [-0.1, -0.05) is 33.8 Å². The largest absolute Gasteiger partial charge is 0.443 e. The molecule has 1 aliphatic rings. The van der Waals surface area contributed by atoms with E-state index in [2.05, 4.69) is 45.8 Å². The van der Waals surface area contributed by atoms with Crippen LogP contribution in [0.5, 0.6) is 0 Å². The lowest BCUT2D eigenvalue weighted by molar-refractivity contribution is 0.105. The highest BCUT2D eigenvalue weighted by atomic mass is 28.4. The lowest BCUT2D eigenvalue weighted by Crippen LogP contribution is -2.43. The van der Waals surface area contributed by atoms with Crippen LogP contribution in [0.25, 0.3) is 0 Å². The molecule has 0 bridgehead atoms. The van der Waals surface area contributed by atoms with Crippen molar-refractivity contribution in [2.45, 2.75) is 64.4 Å². The van der Waals surface area contributed by atoms with E-state index >= 15 is 0 Å². The van der Waals surface area contributed by atoms with Crippen LogP contribution < -0.4 is 5.32 Å². The third kappa shape index (κ3) is 4.09. The third-order valence-electron chi connectivity index (χ3n) is 4.53. The Balaban J connectivity index is 2.52. The van der Waals surface area contributed by atoms with Crippen LogP contribution in [0.2, 0.25) is 18.1 Å². The number of rotatable bonds is 6. The van der Waals surface area contributed by atoms with Crippen molar-refractivity contribution in [3.8, 4) is 0 Å². The Hall–Kier alpha value is -0.813. The van der Waals surface area contributed by atoms with Crippen molar-refractivity contribution in [2.75, 3.05) is 6.61 Å². The summed E-state index contributed by atoms with van der Waals surface area (Å²) in [7, 11) is -1.73. The summed E-state index contributed by atoms with van der Waals surface area (Å²) in [4.78, 5) is 11.4. The quantitative estimate of drug-likeness (QED) is 0.601. The zero-order chi connectivity index (χ0) is 15.6. The number of cyclic esters (lactones) is 1. The second kappa shape index (κ2) is 6.31. The summed E-state index contributed by atoms with van der Waals surface area (Å²) < 4.78 is 11.5. The van der Waals surface area contributed by atoms with E-state index in [9.17, 15) is 4.79 Å². The molecule has 5 heteroatoms. The fraction of sp³-hybridized carbons (Fsp3) is 0.800. The van der Waals surface area contributed by atoms with E-state index < -0.39 is 8.32 Å². The minimum absolute atomic E-state index is 0.0141. The van der Waals surface area contributed by atoms with Gasteiger partial charge in [-0.05, 0) is 24.6 Å². The Labute approximate surface area is 124 Å². The zero-order valence-electron chi connectivity index (χ0n) is 13.7. The summed E-state index contributed by atoms with van der Waals surface area (Å²) in [6.45, 7) is 17.6. The van der Waals surface area contributed by atoms with Crippen molar-refractivity contribution in [2.24, 2.45) is 5.92 Å². The van der Waals surface area contributed by atoms with Gasteiger partial charge < -0.3 is 14.5 Å². The van der Waals surface area contributed by atoms with Gasteiger partial charge in [0.1, 0.15) is 6.10 Å². The van der Waals surface area contributed by atoms with E-state index in [0.29, 0.717) is 6.61 Å². The average Bonchev–Trinajstić information content (AvgIpc) is 2.68. The fourth-order valence-electron chi connectivity index (χ4n) is 1.98. The highest BCUT2D eigenvalue weighted by Crippen LogP contribution is 2.36. The molecule has 0 aromatic rings. The lowest BCUT2D eigenvalue weighted by atomic mass is 9.97. The van der Waals surface area contributed by atoms with E-state index in [-0.39, 0.29) is 29.2 Å². The molecule has 1 saturated heterocycles. The summed E-state index contributed by atoms with van der Waals surface area (Å²) in [6, 6.07) is 0.0141. The SMILES string of the molecule is C=C[C@@H](C)[C@H]1OC(=O)N[C@@H]1CCO[Si](C)(C)C(C)(C)C. The number of carbonyl (C=O) groups is 1. The first-order valence-electron chi connectivity index (χ1n) is 7.32. The summed E-state index contributed by atoms with van der Waals surface area (Å²) in [5, 5.41) is 3.08. The van der Waals surface area contributed by atoms with Gasteiger partial charge in [-0.3, -0.25) is 0 Å². The first-order valence-corrected chi connectivity index (χ1v) is 10.2. The molecule has 3 atom stereocenters. The molecule has 0 aliphatic carbocycles. The number of carbonyl (C=O) groups excluding carboxylic acids is 1. The zero-order valence-corrected chi connectivity index (χ0v) is 14.7. The fourth-order valence-corrected chi connectivity index (χ4v) is 3.04. The second-order valence-corrected chi connectivity index (χ2v) is 11.9. The van der Waals surface area contributed by atoms with Crippen LogP contribution in [0.1, 0.15) is 34.1 Å². The minimum Gasteiger partial charge on any atom is -0.443 e. The molecule has 1 aliphatic heterocycles. The molecule has 1 heterocycles. The van der Waals surface area contributed by atoms with E-state index in [1.807, 2.05) is 13.0 Å². The van der Waals surface area contributed by atoms with Gasteiger partial charge in [-0.15, -0.1) is 6.58 Å². The molecule has 0 spiro atoms. The van der Waals surface area contributed by atoms with Gasteiger partial charge in [0.15, 0.2) is 8.32 Å². The molecule has 0 saturated carbocycles. The molecule has 1 amide bonds. The van der Waals surface area contributed by atoms with Crippen molar-refractivity contribution in [1.29, 1.82) is 0 Å². The molecular formula is C15H29NO3Si. The number of alkyl carbamates (subject to hydrolysis) is 1. The summed E-state index contributed by atoms with van der Waals surface area (Å²) >= 11 is 0. The highest BCUT2D eigenvalue weighted by molar-refractivity contribution is 6.74. The Morgan fingerprint density at radius 3 is 2.60 bits per heavy atom. The molecule has 0 radical (unpaired) electrons. The Morgan fingerprint density at radius 1 is 1.50 bits per heavy atom. The number of amides is 1. The van der Waals surface area contributed by atoms with E-state index in [0.717, 1.165) is 6.42 Å². The molecular weight excluding hydrogens is 270 g/mol. The van der Waals surface area contributed by atoms with Gasteiger partial charge in [0.2, 0.25) is 0 Å². The number of hydrogen-bond donors (Lipinski definition) is 1. The van der Waals surface area contributed by atoms with Crippen LogP contribution in [0.15, 0.2) is 12.7 Å². The smallest absolute Gasteiger partial charge is 0.407 e. The van der Waals surface area contributed by atoms with Gasteiger partial charge in [-0.2, -0.15) is 0 Å². The molecule has 0 unspecified atom stereocenters. The van der Waals surface area contributed by atoms with Crippen LogP contribution in [0.3, 0.4) is 0 Å². The monoisotopic (exact) mass is 299 g/mol. The maximum absolute atomic E-state index is 11.4. The maximum Gasteiger partial charge on any atom is 0.407 e. The van der Waals surface area contributed by atoms with Gasteiger partial charge in [0.25, 0.3) is 0 Å². The summed E-state index contributed by atoms with van der Waals surface area (Å²) in [5.41, 5.74) is 0. The minimum atomic E-state index is -1.73. The molecule has 1 N–H and O–H groups in total. The van der Waals surface area contributed by atoms with Gasteiger partial charge in [-0.25, -0.2) is 4.79 Å². The Kier molecular flexibility index (Phi) is 5.44. The van der Waals surface area contributed by atoms with E-state index in [1.54, 1.807) is 0 Å². The first-order chi connectivity index (χ1) is 9.08. The highest BCUT2D eigenvalue weighted by Gasteiger charge is 2.39. The standard InChI is InChI=1S/C15H29NO3Si/c1-8-11(2)13-12(16-14(17)19-13)9-10-18-20(6,7)15(3,4)5/h8,11-13H,1,9-10H2,2-7H3,(H,16,17)/t11-,12-,13-/m1/s1. The second-order valence-electron chi connectivity index (χ2n) is 7.11. The molecule has 20 heavy (non-hydrogen) atoms. The predicted octanol–water partition coefficient (Wildman–Crippen LogP) is 3.70. The summed E-state index contributed by atoms with van der Waals surface area (Å²) in [6.07, 6.45) is 2.14. The molecule has 1 rings (SSSR count). The van der Waals surface area contributed by atoms with Gasteiger partial charge >= 0.3 is 6.09 Å². The molecule has 116 valence electrons. The van der Waals surface area contributed by atoms with Crippen LogP contribution in [0, 0.1) is 5.92 Å². The third-order valence-corrected chi connectivity index (χ3v) is 9.07. The van der Waals surface area contributed by atoms with Crippen molar-refractivity contribution in [1.82, 2.24) is 5.32 Å². The summed E-state index contributed by atoms with van der Waals surface area (Å²) in [5.74, 6) is 0.145. The van der Waals surface area contributed by atoms with Gasteiger partial charge in [0, 0.05) is 12.5 Å². The van der Waals surface area contributed by atoms with Crippen molar-refractivity contribution in [3.05, 3.63) is 12.7 Å².